The Kier molecular flexibility index (Phi) is 10.5. The van der Waals surface area contributed by atoms with Gasteiger partial charge in [-0.2, -0.15) is 0 Å². The first-order valence-electron chi connectivity index (χ1n) is 13.4. The number of anilines is 1. The lowest BCUT2D eigenvalue weighted by atomic mass is 9.96. The quantitative estimate of drug-likeness (QED) is 0.527. The summed E-state index contributed by atoms with van der Waals surface area (Å²) in [6, 6.07) is 5.55. The summed E-state index contributed by atoms with van der Waals surface area (Å²) in [5.74, 6) is 0.00375. The van der Waals surface area contributed by atoms with E-state index in [2.05, 4.69) is 36.6 Å². The fourth-order valence-electron chi connectivity index (χ4n) is 4.48. The number of rotatable bonds is 4. The predicted octanol–water partition coefficient (Wildman–Crippen LogP) is 5.43. The first kappa shape index (κ1) is 30.2. The lowest BCUT2D eigenvalue weighted by molar-refractivity contribution is -0.141. The summed E-state index contributed by atoms with van der Waals surface area (Å²) in [7, 11) is 0. The molecule has 2 amide bonds. The largest absolute Gasteiger partial charge is 0.444 e. The monoisotopic (exact) mass is 522 g/mol. The second-order valence-corrected chi connectivity index (χ2v) is 11.5. The van der Waals surface area contributed by atoms with E-state index in [-0.39, 0.29) is 11.4 Å². The SMILES string of the molecule is CC.CCC(C)(C)N1CCN(C(=O)OC(C)(C)C)C(C(=O)N2CCN(c3ccc(C)c(Cl)c3)CC2)C1. The average molecular weight is 523 g/mol. The van der Waals surface area contributed by atoms with Crippen molar-refractivity contribution in [2.24, 2.45) is 0 Å². The van der Waals surface area contributed by atoms with Crippen LogP contribution >= 0.6 is 11.6 Å². The molecule has 1 aromatic rings. The minimum Gasteiger partial charge on any atom is -0.444 e. The number of amides is 2. The van der Waals surface area contributed by atoms with Crippen LogP contribution in [-0.4, -0.2) is 89.7 Å². The van der Waals surface area contributed by atoms with Crippen molar-refractivity contribution in [3.63, 3.8) is 0 Å². The van der Waals surface area contributed by atoms with Crippen molar-refractivity contribution in [2.45, 2.75) is 85.9 Å². The Morgan fingerprint density at radius 2 is 1.61 bits per heavy atom. The van der Waals surface area contributed by atoms with Gasteiger partial charge in [0.25, 0.3) is 0 Å². The van der Waals surface area contributed by atoms with Crippen LogP contribution in [0.3, 0.4) is 0 Å². The number of carbonyl (C=O) groups is 2. The molecule has 2 aliphatic heterocycles. The molecule has 0 saturated carbocycles. The van der Waals surface area contributed by atoms with Crippen LogP contribution in [0.5, 0.6) is 0 Å². The number of aryl methyl sites for hydroxylation is 1. The Labute approximate surface area is 223 Å². The normalized spacial score (nSPS) is 19.5. The zero-order chi connectivity index (χ0) is 27.3. The molecule has 0 bridgehead atoms. The molecule has 2 saturated heterocycles. The smallest absolute Gasteiger partial charge is 0.411 e. The minimum absolute atomic E-state index is 0.00375. The molecule has 0 aliphatic carbocycles. The Bertz CT molecular complexity index is 891. The van der Waals surface area contributed by atoms with E-state index in [1.807, 2.05) is 58.6 Å². The fraction of sp³-hybridized carbons (Fsp3) is 0.714. The predicted molar refractivity (Wildman–Crippen MR) is 149 cm³/mol. The van der Waals surface area contributed by atoms with Gasteiger partial charge in [0.1, 0.15) is 11.6 Å². The molecule has 2 fully saturated rings. The van der Waals surface area contributed by atoms with Crippen molar-refractivity contribution in [1.82, 2.24) is 14.7 Å². The molecule has 7 nitrogen and oxygen atoms in total. The molecule has 0 aromatic heterocycles. The number of nitrogens with zero attached hydrogens (tertiary/aromatic N) is 4. The highest BCUT2D eigenvalue weighted by atomic mass is 35.5. The van der Waals surface area contributed by atoms with E-state index in [4.69, 9.17) is 16.3 Å². The molecule has 1 aromatic carbocycles. The molecule has 2 aliphatic rings. The summed E-state index contributed by atoms with van der Waals surface area (Å²) < 4.78 is 5.66. The summed E-state index contributed by atoms with van der Waals surface area (Å²) in [5.41, 5.74) is 1.48. The van der Waals surface area contributed by atoms with Crippen molar-refractivity contribution in [1.29, 1.82) is 0 Å². The van der Waals surface area contributed by atoms with E-state index >= 15 is 0 Å². The summed E-state index contributed by atoms with van der Waals surface area (Å²) in [6.45, 7) is 22.5. The standard InChI is InChI=1S/C26H41ClN4O3.C2H6/c1-8-26(6,7)30-15-16-31(24(33)34-25(3,4)5)22(18-30)23(32)29-13-11-28(12-14-29)20-10-9-19(2)21(27)17-20;1-2/h9-10,17,22H,8,11-16,18H2,1-7H3;1-2H3. The van der Waals surface area contributed by atoms with E-state index < -0.39 is 17.7 Å². The van der Waals surface area contributed by atoms with Crippen LogP contribution in [0.2, 0.25) is 5.02 Å². The number of piperazine rings is 2. The lowest BCUT2D eigenvalue weighted by Gasteiger charge is -2.48. The maximum Gasteiger partial charge on any atom is 0.411 e. The highest BCUT2D eigenvalue weighted by Crippen LogP contribution is 2.27. The maximum atomic E-state index is 13.7. The minimum atomic E-state index is -0.606. The molecule has 1 atom stereocenters. The van der Waals surface area contributed by atoms with Crippen LogP contribution < -0.4 is 4.90 Å². The molecule has 0 spiro atoms. The molecule has 2 heterocycles. The van der Waals surface area contributed by atoms with Gasteiger partial charge in [-0.3, -0.25) is 14.6 Å². The molecule has 204 valence electrons. The average Bonchev–Trinajstić information content (AvgIpc) is 2.85. The number of carbonyl (C=O) groups excluding carboxylic acids is 2. The zero-order valence-corrected chi connectivity index (χ0v) is 24.6. The molecule has 3 rings (SSSR count). The Balaban J connectivity index is 0.00000222. The van der Waals surface area contributed by atoms with Crippen LogP contribution in [0, 0.1) is 6.92 Å². The lowest BCUT2D eigenvalue weighted by Crippen LogP contribution is -2.65. The number of benzene rings is 1. The van der Waals surface area contributed by atoms with Gasteiger partial charge in [-0.15, -0.1) is 0 Å². The zero-order valence-electron chi connectivity index (χ0n) is 23.9. The summed E-state index contributed by atoms with van der Waals surface area (Å²) in [4.78, 5) is 34.9. The first-order valence-corrected chi connectivity index (χ1v) is 13.7. The molecule has 0 N–H and O–H groups in total. The second-order valence-electron chi connectivity index (χ2n) is 11.0. The van der Waals surface area contributed by atoms with Crippen molar-refractivity contribution < 1.29 is 14.3 Å². The van der Waals surface area contributed by atoms with Crippen molar-refractivity contribution in [2.75, 3.05) is 50.7 Å². The van der Waals surface area contributed by atoms with Gasteiger partial charge in [0.15, 0.2) is 0 Å². The van der Waals surface area contributed by atoms with Crippen molar-refractivity contribution in [3.8, 4) is 0 Å². The summed E-state index contributed by atoms with van der Waals surface area (Å²) >= 11 is 6.32. The van der Waals surface area contributed by atoms with Gasteiger partial charge in [-0.1, -0.05) is 38.4 Å². The molecular formula is C28H47ClN4O3. The van der Waals surface area contributed by atoms with Gasteiger partial charge >= 0.3 is 6.09 Å². The number of halogens is 1. The van der Waals surface area contributed by atoms with E-state index in [1.54, 1.807) is 4.90 Å². The van der Waals surface area contributed by atoms with Gasteiger partial charge in [0.05, 0.1) is 0 Å². The third kappa shape index (κ3) is 7.51. The van der Waals surface area contributed by atoms with E-state index in [0.717, 1.165) is 42.3 Å². The molecule has 8 heteroatoms. The maximum absolute atomic E-state index is 13.7. The molecule has 0 radical (unpaired) electrons. The third-order valence-electron chi connectivity index (χ3n) is 7.13. The van der Waals surface area contributed by atoms with Gasteiger partial charge in [-0.25, -0.2) is 4.79 Å². The Hall–Kier alpha value is -1.99. The van der Waals surface area contributed by atoms with Crippen LogP contribution in [0.1, 0.15) is 67.4 Å². The van der Waals surface area contributed by atoms with Gasteiger partial charge < -0.3 is 14.5 Å². The third-order valence-corrected chi connectivity index (χ3v) is 7.53. The second kappa shape index (κ2) is 12.5. The van der Waals surface area contributed by atoms with Gasteiger partial charge in [0.2, 0.25) is 5.91 Å². The van der Waals surface area contributed by atoms with Crippen LogP contribution in [-0.2, 0) is 9.53 Å². The van der Waals surface area contributed by atoms with Crippen LogP contribution in [0.15, 0.2) is 18.2 Å². The van der Waals surface area contributed by atoms with Gasteiger partial charge in [0, 0.05) is 62.1 Å². The molecule has 1 unspecified atom stereocenters. The molecular weight excluding hydrogens is 476 g/mol. The Morgan fingerprint density at radius 1 is 1.00 bits per heavy atom. The van der Waals surface area contributed by atoms with Crippen LogP contribution in [0.25, 0.3) is 0 Å². The fourth-order valence-corrected chi connectivity index (χ4v) is 4.66. The topological polar surface area (TPSA) is 56.3 Å². The highest BCUT2D eigenvalue weighted by molar-refractivity contribution is 6.31. The van der Waals surface area contributed by atoms with Gasteiger partial charge in [-0.05, 0) is 65.7 Å². The van der Waals surface area contributed by atoms with Crippen molar-refractivity contribution in [3.05, 3.63) is 28.8 Å². The number of hydrogen-bond acceptors (Lipinski definition) is 5. The van der Waals surface area contributed by atoms with E-state index in [1.165, 1.54) is 0 Å². The van der Waals surface area contributed by atoms with Crippen LogP contribution in [0.4, 0.5) is 10.5 Å². The highest BCUT2D eigenvalue weighted by Gasteiger charge is 2.42. The summed E-state index contributed by atoms with van der Waals surface area (Å²) in [6.07, 6.45) is 0.561. The van der Waals surface area contributed by atoms with E-state index in [0.29, 0.717) is 26.2 Å². The molecule has 36 heavy (non-hydrogen) atoms. The van der Waals surface area contributed by atoms with E-state index in [9.17, 15) is 9.59 Å². The van der Waals surface area contributed by atoms with Crippen molar-refractivity contribution >= 4 is 29.3 Å². The first-order chi connectivity index (χ1) is 16.8. The Morgan fingerprint density at radius 3 is 2.14 bits per heavy atom. The number of ether oxygens (including phenoxy) is 1. The summed E-state index contributed by atoms with van der Waals surface area (Å²) in [5, 5.41) is 0.754. The number of hydrogen-bond donors (Lipinski definition) is 0.